The molecule has 0 saturated carbocycles. The quantitative estimate of drug-likeness (QED) is 0.730. The van der Waals surface area contributed by atoms with Gasteiger partial charge in [-0.1, -0.05) is 29.3 Å². The Balaban J connectivity index is 1.90. The third kappa shape index (κ3) is 4.83. The lowest BCUT2D eigenvalue weighted by Crippen LogP contribution is -2.13. The number of amides is 1. The molecule has 2 aromatic carbocycles. The zero-order valence-corrected chi connectivity index (χ0v) is 14.3. The first kappa shape index (κ1) is 17.0. The average molecular weight is 356 g/mol. The summed E-state index contributed by atoms with van der Waals surface area (Å²) in [6.07, 6.45) is 0. The van der Waals surface area contributed by atoms with Gasteiger partial charge >= 0.3 is 0 Å². The number of carbonyl (C=O) groups is 1. The molecule has 0 aliphatic heterocycles. The van der Waals surface area contributed by atoms with Crippen molar-refractivity contribution in [2.24, 2.45) is 0 Å². The Hall–Kier alpha value is -1.36. The number of carbonyl (C=O) groups excluding carboxylic acids is 1. The highest BCUT2D eigenvalue weighted by Crippen LogP contribution is 2.33. The fourth-order valence-corrected chi connectivity index (χ4v) is 3.24. The van der Waals surface area contributed by atoms with Gasteiger partial charge in [0.15, 0.2) is 0 Å². The SMILES string of the molecule is CCOc1ccc(NC(=O)CSc2c(Cl)cccc2Cl)cc1. The zero-order valence-electron chi connectivity index (χ0n) is 11.9. The van der Waals surface area contributed by atoms with Crippen LogP contribution in [0, 0.1) is 0 Å². The minimum absolute atomic E-state index is 0.120. The lowest BCUT2D eigenvalue weighted by atomic mass is 10.3. The molecule has 1 N–H and O–H groups in total. The number of ether oxygens (including phenoxy) is 1. The van der Waals surface area contributed by atoms with E-state index in [-0.39, 0.29) is 11.7 Å². The van der Waals surface area contributed by atoms with Crippen LogP contribution in [0.3, 0.4) is 0 Å². The van der Waals surface area contributed by atoms with Gasteiger partial charge in [0.2, 0.25) is 5.91 Å². The monoisotopic (exact) mass is 355 g/mol. The van der Waals surface area contributed by atoms with Gasteiger partial charge in [0.05, 0.1) is 22.4 Å². The van der Waals surface area contributed by atoms with Crippen molar-refractivity contribution in [3.05, 3.63) is 52.5 Å². The second-order valence-corrected chi connectivity index (χ2v) is 6.15. The van der Waals surface area contributed by atoms with E-state index in [0.29, 0.717) is 21.5 Å². The van der Waals surface area contributed by atoms with Gasteiger partial charge in [-0.2, -0.15) is 0 Å². The number of thioether (sulfide) groups is 1. The first-order valence-electron chi connectivity index (χ1n) is 6.69. The number of hydrogen-bond donors (Lipinski definition) is 1. The second kappa shape index (κ2) is 8.32. The van der Waals surface area contributed by atoms with Crippen LogP contribution in [0.4, 0.5) is 5.69 Å². The summed E-state index contributed by atoms with van der Waals surface area (Å²) in [4.78, 5) is 12.7. The van der Waals surface area contributed by atoms with Crippen molar-refractivity contribution in [1.82, 2.24) is 0 Å². The molecule has 6 heteroatoms. The van der Waals surface area contributed by atoms with Gasteiger partial charge in [-0.25, -0.2) is 0 Å². The molecule has 0 aliphatic carbocycles. The molecule has 0 aromatic heterocycles. The highest BCUT2D eigenvalue weighted by atomic mass is 35.5. The molecule has 0 spiro atoms. The third-order valence-electron chi connectivity index (χ3n) is 2.72. The Morgan fingerprint density at radius 1 is 1.14 bits per heavy atom. The molecule has 3 nitrogen and oxygen atoms in total. The van der Waals surface area contributed by atoms with Crippen molar-refractivity contribution in [3.63, 3.8) is 0 Å². The number of rotatable bonds is 6. The molecule has 0 bridgehead atoms. The van der Waals surface area contributed by atoms with Crippen LogP contribution in [0.1, 0.15) is 6.92 Å². The lowest BCUT2D eigenvalue weighted by molar-refractivity contribution is -0.113. The van der Waals surface area contributed by atoms with E-state index in [9.17, 15) is 4.79 Å². The van der Waals surface area contributed by atoms with Crippen molar-refractivity contribution in [2.75, 3.05) is 17.7 Å². The average Bonchev–Trinajstić information content (AvgIpc) is 2.49. The summed E-state index contributed by atoms with van der Waals surface area (Å²) < 4.78 is 5.35. The predicted octanol–water partition coefficient (Wildman–Crippen LogP) is 5.12. The van der Waals surface area contributed by atoms with Crippen LogP contribution >= 0.6 is 35.0 Å². The maximum atomic E-state index is 12.0. The summed E-state index contributed by atoms with van der Waals surface area (Å²) in [6, 6.07) is 12.5. The fourth-order valence-electron chi connectivity index (χ4n) is 1.76. The van der Waals surface area contributed by atoms with E-state index >= 15 is 0 Å². The highest BCUT2D eigenvalue weighted by Gasteiger charge is 2.09. The van der Waals surface area contributed by atoms with Crippen molar-refractivity contribution < 1.29 is 9.53 Å². The summed E-state index contributed by atoms with van der Waals surface area (Å²) in [7, 11) is 0. The largest absolute Gasteiger partial charge is 0.494 e. The van der Waals surface area contributed by atoms with Gasteiger partial charge in [0, 0.05) is 10.6 Å². The molecular formula is C16H15Cl2NO2S. The standard InChI is InChI=1S/C16H15Cl2NO2S/c1-2-21-12-8-6-11(7-9-12)19-15(20)10-22-16-13(17)4-3-5-14(16)18/h3-9H,2,10H2,1H3,(H,19,20). The first-order valence-corrected chi connectivity index (χ1v) is 8.44. The van der Waals surface area contributed by atoms with E-state index in [0.717, 1.165) is 11.4 Å². The molecule has 1 amide bonds. The van der Waals surface area contributed by atoms with E-state index in [1.165, 1.54) is 11.8 Å². The number of anilines is 1. The minimum atomic E-state index is -0.120. The Kier molecular flexibility index (Phi) is 6.43. The number of nitrogens with one attached hydrogen (secondary N) is 1. The minimum Gasteiger partial charge on any atom is -0.494 e. The summed E-state index contributed by atoms with van der Waals surface area (Å²) in [5.74, 6) is 0.888. The Morgan fingerprint density at radius 3 is 2.36 bits per heavy atom. The molecule has 116 valence electrons. The molecule has 2 aromatic rings. The van der Waals surface area contributed by atoms with E-state index in [2.05, 4.69) is 5.32 Å². The second-order valence-electron chi connectivity index (χ2n) is 4.35. The van der Waals surface area contributed by atoms with Crippen LogP contribution < -0.4 is 10.1 Å². The van der Waals surface area contributed by atoms with Crippen LogP contribution in [-0.2, 0) is 4.79 Å². The van der Waals surface area contributed by atoms with E-state index in [4.69, 9.17) is 27.9 Å². The van der Waals surface area contributed by atoms with Crippen molar-refractivity contribution in [1.29, 1.82) is 0 Å². The van der Waals surface area contributed by atoms with Crippen molar-refractivity contribution >= 4 is 46.6 Å². The molecule has 0 fully saturated rings. The molecule has 22 heavy (non-hydrogen) atoms. The van der Waals surface area contributed by atoms with Gasteiger partial charge in [0.1, 0.15) is 5.75 Å². The Labute approximate surface area is 144 Å². The number of halogens is 2. The number of hydrogen-bond acceptors (Lipinski definition) is 3. The molecule has 0 heterocycles. The highest BCUT2D eigenvalue weighted by molar-refractivity contribution is 8.00. The van der Waals surface area contributed by atoms with Crippen LogP contribution in [-0.4, -0.2) is 18.3 Å². The van der Waals surface area contributed by atoms with Crippen LogP contribution in [0.25, 0.3) is 0 Å². The van der Waals surface area contributed by atoms with Gasteiger partial charge in [-0.15, -0.1) is 11.8 Å². The fraction of sp³-hybridized carbons (Fsp3) is 0.188. The smallest absolute Gasteiger partial charge is 0.234 e. The molecule has 0 unspecified atom stereocenters. The molecule has 0 aliphatic rings. The summed E-state index contributed by atoms with van der Waals surface area (Å²) >= 11 is 13.5. The lowest BCUT2D eigenvalue weighted by Gasteiger charge is -2.08. The molecule has 0 atom stereocenters. The summed E-state index contributed by atoms with van der Waals surface area (Å²) in [6.45, 7) is 2.54. The molecule has 0 radical (unpaired) electrons. The Morgan fingerprint density at radius 2 is 1.77 bits per heavy atom. The van der Waals surface area contributed by atoms with Gasteiger partial charge < -0.3 is 10.1 Å². The van der Waals surface area contributed by atoms with Crippen LogP contribution in [0.5, 0.6) is 5.75 Å². The van der Waals surface area contributed by atoms with Gasteiger partial charge in [0.25, 0.3) is 0 Å². The summed E-state index contributed by atoms with van der Waals surface area (Å²) in [5.41, 5.74) is 0.722. The van der Waals surface area contributed by atoms with E-state index in [1.807, 2.05) is 19.1 Å². The van der Waals surface area contributed by atoms with Gasteiger partial charge in [-0.05, 0) is 43.3 Å². The van der Waals surface area contributed by atoms with Crippen molar-refractivity contribution in [3.8, 4) is 5.75 Å². The summed E-state index contributed by atoms with van der Waals surface area (Å²) in [5, 5.41) is 3.91. The first-order chi connectivity index (χ1) is 10.6. The Bertz CT molecular complexity index is 627. The van der Waals surface area contributed by atoms with E-state index < -0.39 is 0 Å². The van der Waals surface area contributed by atoms with Gasteiger partial charge in [-0.3, -0.25) is 4.79 Å². The molecule has 2 rings (SSSR count). The maximum Gasteiger partial charge on any atom is 0.234 e. The van der Waals surface area contributed by atoms with Crippen LogP contribution in [0.2, 0.25) is 10.0 Å². The van der Waals surface area contributed by atoms with Crippen LogP contribution in [0.15, 0.2) is 47.4 Å². The molecule has 0 saturated heterocycles. The van der Waals surface area contributed by atoms with Crippen molar-refractivity contribution in [2.45, 2.75) is 11.8 Å². The third-order valence-corrected chi connectivity index (χ3v) is 4.70. The maximum absolute atomic E-state index is 12.0. The van der Waals surface area contributed by atoms with E-state index in [1.54, 1.807) is 30.3 Å². The number of benzene rings is 2. The normalized spacial score (nSPS) is 10.3. The molecular weight excluding hydrogens is 341 g/mol. The zero-order chi connectivity index (χ0) is 15.9. The topological polar surface area (TPSA) is 38.3 Å². The predicted molar refractivity (Wildman–Crippen MR) is 93.4 cm³/mol.